The average Bonchev–Trinajstić information content (AvgIpc) is 3.27. The van der Waals surface area contributed by atoms with Gasteiger partial charge < -0.3 is 15.5 Å². The fourth-order valence-corrected chi connectivity index (χ4v) is 3.00. The van der Waals surface area contributed by atoms with E-state index in [4.69, 9.17) is 4.99 Å². The highest BCUT2D eigenvalue weighted by Crippen LogP contribution is 2.34. The summed E-state index contributed by atoms with van der Waals surface area (Å²) >= 11 is 0. The van der Waals surface area contributed by atoms with Crippen molar-refractivity contribution in [3.05, 3.63) is 17.0 Å². The Labute approximate surface area is 140 Å². The molecule has 1 atom stereocenters. The molecule has 1 aromatic heterocycles. The number of hydrogen-bond donors (Lipinski definition) is 2. The van der Waals surface area contributed by atoms with Crippen molar-refractivity contribution in [1.82, 2.24) is 25.3 Å². The Morgan fingerprint density at radius 3 is 2.52 bits per heavy atom. The lowest BCUT2D eigenvalue weighted by atomic mass is 10.1. The molecule has 0 bridgehead atoms. The van der Waals surface area contributed by atoms with Gasteiger partial charge in [-0.3, -0.25) is 4.68 Å². The second-order valence-electron chi connectivity index (χ2n) is 6.72. The Bertz CT molecular complexity index is 540. The molecule has 1 unspecified atom stereocenters. The van der Waals surface area contributed by atoms with E-state index in [-0.39, 0.29) is 0 Å². The van der Waals surface area contributed by atoms with E-state index in [0.29, 0.717) is 12.6 Å². The average molecular weight is 320 g/mol. The van der Waals surface area contributed by atoms with Crippen LogP contribution in [0.5, 0.6) is 0 Å². The molecule has 1 heterocycles. The zero-order chi connectivity index (χ0) is 17.0. The molecule has 6 nitrogen and oxygen atoms in total. The van der Waals surface area contributed by atoms with E-state index in [1.165, 1.54) is 24.1 Å². The van der Waals surface area contributed by atoms with Crippen molar-refractivity contribution in [2.45, 2.75) is 46.2 Å². The number of aliphatic imine (C=N–C) groups is 1. The van der Waals surface area contributed by atoms with Gasteiger partial charge in [-0.15, -0.1) is 0 Å². The summed E-state index contributed by atoms with van der Waals surface area (Å²) in [5.74, 6) is 1.73. The van der Waals surface area contributed by atoms with Crippen LogP contribution in [0, 0.1) is 19.8 Å². The molecule has 0 spiro atoms. The third-order valence-corrected chi connectivity index (χ3v) is 4.71. The van der Waals surface area contributed by atoms with Crippen molar-refractivity contribution in [1.29, 1.82) is 0 Å². The molecule has 1 aromatic rings. The number of guanidine groups is 1. The van der Waals surface area contributed by atoms with Crippen molar-refractivity contribution >= 4 is 5.96 Å². The van der Waals surface area contributed by atoms with Crippen LogP contribution in [0.15, 0.2) is 4.99 Å². The number of nitrogens with zero attached hydrogens (tertiary/aromatic N) is 4. The summed E-state index contributed by atoms with van der Waals surface area (Å²) in [4.78, 5) is 7.08. The number of nitrogens with one attached hydrogen (secondary N) is 2. The number of aryl methyl sites for hydroxylation is 2. The largest absolute Gasteiger partial charge is 0.357 e. The Kier molecular flexibility index (Phi) is 6.04. The topological polar surface area (TPSA) is 57.5 Å². The third-order valence-electron chi connectivity index (χ3n) is 4.71. The summed E-state index contributed by atoms with van der Waals surface area (Å²) in [7, 11) is 6.31. The van der Waals surface area contributed by atoms with Gasteiger partial charge in [-0.1, -0.05) is 0 Å². The molecular formula is C17H32N6. The van der Waals surface area contributed by atoms with Crippen LogP contribution in [-0.4, -0.2) is 53.9 Å². The van der Waals surface area contributed by atoms with Crippen LogP contribution in [0.4, 0.5) is 0 Å². The number of likely N-dealkylation sites (N-methyl/N-ethyl adjacent to an activating group) is 1. The van der Waals surface area contributed by atoms with Crippen molar-refractivity contribution in [2.24, 2.45) is 18.0 Å². The summed E-state index contributed by atoms with van der Waals surface area (Å²) in [5, 5.41) is 11.3. The Morgan fingerprint density at radius 1 is 1.35 bits per heavy atom. The van der Waals surface area contributed by atoms with Crippen LogP contribution in [0.3, 0.4) is 0 Å². The normalized spacial score (nSPS) is 16.7. The lowest BCUT2D eigenvalue weighted by molar-refractivity contribution is 0.264. The first-order valence-electron chi connectivity index (χ1n) is 8.61. The Hall–Kier alpha value is -1.56. The van der Waals surface area contributed by atoms with Crippen LogP contribution < -0.4 is 10.6 Å². The quantitative estimate of drug-likeness (QED) is 0.589. The molecule has 1 fully saturated rings. The number of hydrogen-bond acceptors (Lipinski definition) is 3. The molecule has 6 heteroatoms. The van der Waals surface area contributed by atoms with E-state index in [2.05, 4.69) is 48.6 Å². The highest BCUT2D eigenvalue weighted by atomic mass is 15.3. The van der Waals surface area contributed by atoms with E-state index in [1.54, 1.807) is 0 Å². The molecular weight excluding hydrogens is 288 g/mol. The fraction of sp³-hybridized carbons (Fsp3) is 0.765. The van der Waals surface area contributed by atoms with Crippen molar-refractivity contribution < 1.29 is 0 Å². The van der Waals surface area contributed by atoms with E-state index in [1.807, 2.05) is 18.7 Å². The third kappa shape index (κ3) is 4.70. The van der Waals surface area contributed by atoms with Crippen molar-refractivity contribution in [2.75, 3.05) is 27.2 Å². The zero-order valence-corrected chi connectivity index (χ0v) is 15.5. The van der Waals surface area contributed by atoms with Crippen molar-refractivity contribution in [3.63, 3.8) is 0 Å². The number of aromatic nitrogens is 2. The minimum atomic E-state index is 0.584. The lowest BCUT2D eigenvalue weighted by Gasteiger charge is -2.25. The number of rotatable bonds is 7. The predicted octanol–water partition coefficient (Wildman–Crippen LogP) is 1.43. The van der Waals surface area contributed by atoms with Gasteiger partial charge >= 0.3 is 0 Å². The van der Waals surface area contributed by atoms with E-state index in [9.17, 15) is 0 Å². The molecule has 0 saturated heterocycles. The first-order chi connectivity index (χ1) is 10.9. The molecule has 0 radical (unpaired) electrons. The summed E-state index contributed by atoms with van der Waals surface area (Å²) in [6.45, 7) is 8.72. The molecule has 2 rings (SSSR count). The van der Waals surface area contributed by atoms with E-state index < -0.39 is 0 Å². The molecule has 1 aliphatic carbocycles. The van der Waals surface area contributed by atoms with Crippen LogP contribution in [0.25, 0.3) is 0 Å². The predicted molar refractivity (Wildman–Crippen MR) is 95.7 cm³/mol. The molecule has 130 valence electrons. The molecule has 2 N–H and O–H groups in total. The summed E-state index contributed by atoms with van der Waals surface area (Å²) in [6.07, 6.45) is 2.71. The van der Waals surface area contributed by atoms with Crippen molar-refractivity contribution in [3.8, 4) is 0 Å². The standard InChI is InChI=1S/C17H32N6/c1-7-18-17(20-11-16(22(4)5)14-8-9-14)19-10-15-12(2)21-23(6)13(15)3/h14,16H,7-11H2,1-6H3,(H2,18,19,20). The second kappa shape index (κ2) is 7.81. The van der Waals surface area contributed by atoms with Gasteiger partial charge in [0.1, 0.15) is 0 Å². The monoisotopic (exact) mass is 320 g/mol. The Morgan fingerprint density at radius 2 is 2.04 bits per heavy atom. The van der Waals surface area contributed by atoms with Gasteiger partial charge in [0.25, 0.3) is 0 Å². The molecule has 0 amide bonds. The van der Waals surface area contributed by atoms with Crippen LogP contribution in [0.2, 0.25) is 0 Å². The second-order valence-corrected chi connectivity index (χ2v) is 6.72. The highest BCUT2D eigenvalue weighted by Gasteiger charge is 2.32. The van der Waals surface area contributed by atoms with Gasteiger partial charge in [0.05, 0.1) is 12.2 Å². The molecule has 1 saturated carbocycles. The summed E-state index contributed by atoms with van der Waals surface area (Å²) in [5.41, 5.74) is 3.47. The SMILES string of the molecule is CCNC(=NCc1c(C)nn(C)c1C)NCC(C1CC1)N(C)C. The molecule has 0 aliphatic heterocycles. The van der Waals surface area contributed by atoms with Crippen LogP contribution >= 0.6 is 0 Å². The highest BCUT2D eigenvalue weighted by molar-refractivity contribution is 5.79. The molecule has 1 aliphatic rings. The lowest BCUT2D eigenvalue weighted by Crippen LogP contribution is -2.46. The molecule has 23 heavy (non-hydrogen) atoms. The maximum atomic E-state index is 4.75. The summed E-state index contributed by atoms with van der Waals surface area (Å²) < 4.78 is 1.93. The maximum Gasteiger partial charge on any atom is 0.191 e. The fourth-order valence-electron chi connectivity index (χ4n) is 3.00. The van der Waals surface area contributed by atoms with Gasteiger partial charge in [-0.25, -0.2) is 4.99 Å². The molecule has 0 aromatic carbocycles. The first-order valence-corrected chi connectivity index (χ1v) is 8.61. The minimum absolute atomic E-state index is 0.584. The van der Waals surface area contributed by atoms with E-state index >= 15 is 0 Å². The van der Waals surface area contributed by atoms with Gasteiger partial charge in [-0.2, -0.15) is 5.10 Å². The van der Waals surface area contributed by atoms with Gasteiger partial charge in [-0.05, 0) is 53.6 Å². The van der Waals surface area contributed by atoms with Gasteiger partial charge in [0.15, 0.2) is 5.96 Å². The maximum absolute atomic E-state index is 4.75. The Balaban J connectivity index is 1.99. The summed E-state index contributed by atoms with van der Waals surface area (Å²) in [6, 6.07) is 0.584. The minimum Gasteiger partial charge on any atom is -0.357 e. The first kappa shape index (κ1) is 17.8. The zero-order valence-electron chi connectivity index (χ0n) is 15.5. The smallest absolute Gasteiger partial charge is 0.191 e. The van der Waals surface area contributed by atoms with Crippen LogP contribution in [-0.2, 0) is 13.6 Å². The van der Waals surface area contributed by atoms with Crippen LogP contribution in [0.1, 0.15) is 36.7 Å². The van der Waals surface area contributed by atoms with E-state index in [0.717, 1.165) is 30.7 Å². The van der Waals surface area contributed by atoms with Gasteiger partial charge in [0.2, 0.25) is 0 Å². The van der Waals surface area contributed by atoms with Gasteiger partial charge in [0, 0.05) is 37.4 Å².